The van der Waals surface area contributed by atoms with Crippen LogP contribution in [0.5, 0.6) is 11.5 Å². The maximum Gasteiger partial charge on any atom is 0.226 e. The van der Waals surface area contributed by atoms with Crippen LogP contribution in [-0.4, -0.2) is 36.2 Å². The Hall–Kier alpha value is -2.86. The lowest BCUT2D eigenvalue weighted by Gasteiger charge is -2.29. The van der Waals surface area contributed by atoms with Gasteiger partial charge in [0, 0.05) is 18.7 Å². The van der Waals surface area contributed by atoms with Crippen LogP contribution in [-0.2, 0) is 6.54 Å². The van der Waals surface area contributed by atoms with E-state index in [0.717, 1.165) is 22.8 Å². The summed E-state index contributed by atoms with van der Waals surface area (Å²) < 4.78 is 30.2. The Morgan fingerprint density at radius 2 is 1.88 bits per heavy atom. The summed E-state index contributed by atoms with van der Waals surface area (Å²) >= 11 is 0. The van der Waals surface area contributed by atoms with Crippen molar-refractivity contribution < 1.29 is 18.3 Å². The Labute approximate surface area is 151 Å². The van der Waals surface area contributed by atoms with Crippen molar-refractivity contribution in [3.63, 3.8) is 0 Å². The second-order valence-electron chi connectivity index (χ2n) is 6.35. The van der Waals surface area contributed by atoms with E-state index < -0.39 is 0 Å². The van der Waals surface area contributed by atoms with Crippen molar-refractivity contribution >= 4 is 0 Å². The molecular formula is C20H19FN2O3. The zero-order valence-corrected chi connectivity index (χ0v) is 14.4. The van der Waals surface area contributed by atoms with Gasteiger partial charge in [-0.2, -0.15) is 0 Å². The minimum atomic E-state index is -0.281. The number of para-hydroxylation sites is 2. The summed E-state index contributed by atoms with van der Waals surface area (Å²) in [6.45, 7) is 1.83. The fourth-order valence-electron chi connectivity index (χ4n) is 2.95. The first-order chi connectivity index (χ1) is 12.7. The number of oxazole rings is 1. The molecule has 0 spiro atoms. The van der Waals surface area contributed by atoms with Gasteiger partial charge in [-0.15, -0.1) is 0 Å². The van der Waals surface area contributed by atoms with E-state index in [9.17, 15) is 4.39 Å². The maximum atomic E-state index is 13.0. The van der Waals surface area contributed by atoms with Gasteiger partial charge in [0.2, 0.25) is 5.89 Å². The van der Waals surface area contributed by atoms with E-state index in [1.165, 1.54) is 12.1 Å². The van der Waals surface area contributed by atoms with E-state index in [0.29, 0.717) is 25.6 Å². The van der Waals surface area contributed by atoms with Crippen molar-refractivity contribution in [2.45, 2.75) is 12.6 Å². The first kappa shape index (κ1) is 16.6. The largest absolute Gasteiger partial charge is 0.486 e. The molecule has 2 aromatic carbocycles. The zero-order valence-electron chi connectivity index (χ0n) is 14.4. The molecule has 2 heterocycles. The van der Waals surface area contributed by atoms with Crippen molar-refractivity contribution in [1.29, 1.82) is 0 Å². The average molecular weight is 354 g/mol. The average Bonchev–Trinajstić information content (AvgIpc) is 3.10. The molecule has 4 rings (SSSR count). The molecule has 134 valence electrons. The number of nitrogens with zero attached hydrogens (tertiary/aromatic N) is 2. The minimum absolute atomic E-state index is 0.0432. The van der Waals surface area contributed by atoms with E-state index in [2.05, 4.69) is 9.88 Å². The number of aromatic nitrogens is 1. The molecule has 1 atom stereocenters. The second kappa shape index (κ2) is 7.17. The normalized spacial score (nSPS) is 16.0. The van der Waals surface area contributed by atoms with Gasteiger partial charge in [0.15, 0.2) is 11.5 Å². The smallest absolute Gasteiger partial charge is 0.226 e. The molecule has 0 aliphatic carbocycles. The highest BCUT2D eigenvalue weighted by atomic mass is 19.1. The molecule has 0 bridgehead atoms. The third-order valence-electron chi connectivity index (χ3n) is 4.16. The van der Waals surface area contributed by atoms with Crippen LogP contribution in [0.4, 0.5) is 4.39 Å². The van der Waals surface area contributed by atoms with Gasteiger partial charge in [0.05, 0.1) is 5.69 Å². The molecule has 0 N–H and O–H groups in total. The predicted octanol–water partition coefficient (Wildman–Crippen LogP) is 3.75. The summed E-state index contributed by atoms with van der Waals surface area (Å²) in [7, 11) is 2.00. The molecule has 1 unspecified atom stereocenters. The van der Waals surface area contributed by atoms with Crippen molar-refractivity contribution in [3.8, 4) is 23.0 Å². The van der Waals surface area contributed by atoms with E-state index >= 15 is 0 Å². The molecule has 1 aliphatic rings. The summed E-state index contributed by atoms with van der Waals surface area (Å²) in [4.78, 5) is 6.58. The fourth-order valence-corrected chi connectivity index (χ4v) is 2.95. The third kappa shape index (κ3) is 3.70. The fraction of sp³-hybridized carbons (Fsp3) is 0.250. The van der Waals surface area contributed by atoms with Gasteiger partial charge in [-0.1, -0.05) is 12.1 Å². The molecule has 26 heavy (non-hydrogen) atoms. The van der Waals surface area contributed by atoms with E-state index in [1.807, 2.05) is 31.3 Å². The summed E-state index contributed by atoms with van der Waals surface area (Å²) in [5.74, 6) is 1.76. The first-order valence-corrected chi connectivity index (χ1v) is 8.45. The van der Waals surface area contributed by atoms with Gasteiger partial charge >= 0.3 is 0 Å². The molecule has 0 amide bonds. The van der Waals surface area contributed by atoms with Crippen LogP contribution in [0.1, 0.15) is 5.69 Å². The number of fused-ring (bicyclic) bond motifs is 1. The molecular weight excluding hydrogens is 335 g/mol. The van der Waals surface area contributed by atoms with Crippen molar-refractivity contribution in [2.24, 2.45) is 0 Å². The van der Waals surface area contributed by atoms with Crippen LogP contribution in [0.15, 0.2) is 59.2 Å². The lowest BCUT2D eigenvalue weighted by atomic mass is 10.2. The molecule has 1 aromatic heterocycles. The summed E-state index contributed by atoms with van der Waals surface area (Å²) in [6.07, 6.45) is 1.58. The SMILES string of the molecule is CN(Cc1coc(-c2ccc(F)cc2)n1)CC1COc2ccccc2O1. The zero-order chi connectivity index (χ0) is 17.9. The van der Waals surface area contributed by atoms with E-state index in [-0.39, 0.29) is 11.9 Å². The topological polar surface area (TPSA) is 47.7 Å². The van der Waals surface area contributed by atoms with E-state index in [1.54, 1.807) is 18.4 Å². The van der Waals surface area contributed by atoms with Gasteiger partial charge in [-0.3, -0.25) is 4.90 Å². The highest BCUT2D eigenvalue weighted by molar-refractivity contribution is 5.52. The van der Waals surface area contributed by atoms with Crippen LogP contribution in [0.2, 0.25) is 0 Å². The van der Waals surface area contributed by atoms with Crippen LogP contribution in [0.3, 0.4) is 0 Å². The van der Waals surface area contributed by atoms with Crippen molar-refractivity contribution in [3.05, 3.63) is 66.3 Å². The quantitative estimate of drug-likeness (QED) is 0.698. The lowest BCUT2D eigenvalue weighted by molar-refractivity contribution is 0.0635. The molecule has 0 radical (unpaired) electrons. The number of ether oxygens (including phenoxy) is 2. The second-order valence-corrected chi connectivity index (χ2v) is 6.35. The van der Waals surface area contributed by atoms with Crippen LogP contribution in [0, 0.1) is 5.82 Å². The van der Waals surface area contributed by atoms with Crippen LogP contribution >= 0.6 is 0 Å². The molecule has 5 nitrogen and oxygen atoms in total. The van der Waals surface area contributed by atoms with Gasteiger partial charge in [-0.05, 0) is 43.4 Å². The Morgan fingerprint density at radius 3 is 2.69 bits per heavy atom. The summed E-state index contributed by atoms with van der Waals surface area (Å²) in [5, 5.41) is 0. The monoisotopic (exact) mass is 354 g/mol. The van der Waals surface area contributed by atoms with Crippen molar-refractivity contribution in [1.82, 2.24) is 9.88 Å². The van der Waals surface area contributed by atoms with Gasteiger partial charge in [0.25, 0.3) is 0 Å². The van der Waals surface area contributed by atoms with E-state index in [4.69, 9.17) is 13.9 Å². The molecule has 6 heteroatoms. The summed E-state index contributed by atoms with van der Waals surface area (Å²) in [6, 6.07) is 13.8. The number of halogens is 1. The standard InChI is InChI=1S/C20H19FN2O3/c1-23(11-17-13-24-18-4-2-3-5-19(18)26-17)10-16-12-25-20(22-16)14-6-8-15(21)9-7-14/h2-9,12,17H,10-11,13H2,1H3. The minimum Gasteiger partial charge on any atom is -0.486 e. The van der Waals surface area contributed by atoms with Crippen molar-refractivity contribution in [2.75, 3.05) is 20.2 Å². The Kier molecular flexibility index (Phi) is 4.58. The number of benzene rings is 2. The molecule has 0 fully saturated rings. The van der Waals surface area contributed by atoms with Gasteiger partial charge in [-0.25, -0.2) is 9.37 Å². The Bertz CT molecular complexity index is 879. The maximum absolute atomic E-state index is 13.0. The Balaban J connectivity index is 1.35. The highest BCUT2D eigenvalue weighted by Gasteiger charge is 2.22. The van der Waals surface area contributed by atoms with Gasteiger partial charge < -0.3 is 13.9 Å². The summed E-state index contributed by atoms with van der Waals surface area (Å²) in [5.41, 5.74) is 1.56. The number of rotatable bonds is 5. The molecule has 0 saturated carbocycles. The predicted molar refractivity (Wildman–Crippen MR) is 94.6 cm³/mol. The lowest BCUT2D eigenvalue weighted by Crippen LogP contribution is -2.39. The molecule has 1 aliphatic heterocycles. The highest BCUT2D eigenvalue weighted by Crippen LogP contribution is 2.31. The number of hydrogen-bond donors (Lipinski definition) is 0. The van der Waals surface area contributed by atoms with Crippen LogP contribution in [0.25, 0.3) is 11.5 Å². The first-order valence-electron chi connectivity index (χ1n) is 8.45. The Morgan fingerprint density at radius 1 is 1.12 bits per heavy atom. The third-order valence-corrected chi connectivity index (χ3v) is 4.16. The number of likely N-dealkylation sites (N-methyl/N-ethyl adjacent to an activating group) is 1. The van der Waals surface area contributed by atoms with Gasteiger partial charge in [0.1, 0.15) is 24.8 Å². The molecule has 0 saturated heterocycles. The molecule has 3 aromatic rings. The number of hydrogen-bond acceptors (Lipinski definition) is 5. The van der Waals surface area contributed by atoms with Crippen LogP contribution < -0.4 is 9.47 Å².